The molecule has 0 unspecified atom stereocenters. The molecule has 0 aromatic carbocycles. The summed E-state index contributed by atoms with van der Waals surface area (Å²) in [7, 11) is 0. The number of rotatable bonds is 9. The molecule has 0 atom stereocenters. The van der Waals surface area contributed by atoms with Gasteiger partial charge in [0.2, 0.25) is 5.29 Å². The van der Waals surface area contributed by atoms with Gasteiger partial charge < -0.3 is 24.1 Å². The summed E-state index contributed by atoms with van der Waals surface area (Å²) in [4.78, 5) is 19.9. The lowest BCUT2D eigenvalue weighted by molar-refractivity contribution is -0.144. The van der Waals surface area contributed by atoms with Crippen molar-refractivity contribution in [3.05, 3.63) is 17.3 Å². The Morgan fingerprint density at radius 1 is 1.32 bits per heavy atom. The summed E-state index contributed by atoms with van der Waals surface area (Å²) in [5.41, 5.74) is 1.09. The number of nitrogens with one attached hydrogen (secondary N) is 1. The quantitative estimate of drug-likeness (QED) is 0.282. The van der Waals surface area contributed by atoms with E-state index in [4.69, 9.17) is 25.8 Å². The molecule has 0 spiro atoms. The number of aromatic nitrogens is 1. The van der Waals surface area contributed by atoms with Gasteiger partial charge in [-0.25, -0.2) is 14.8 Å². The number of aliphatic imine (C=N–C) groups is 2. The van der Waals surface area contributed by atoms with Gasteiger partial charge in [-0.15, -0.1) is 0 Å². The summed E-state index contributed by atoms with van der Waals surface area (Å²) in [5.74, 6) is 0.600. The standard InChI is InChI=1S/C19H31ClN4O4/c1-8-26-16(27-9-2)14-12-13(3)15(23-17(20)21-7)24(14)11-10-22-18(25)28-19(4,5)6/h12,16H,7-11H2,1-6H3,(H,22,25)/b23-17-. The van der Waals surface area contributed by atoms with E-state index in [-0.39, 0.29) is 5.29 Å². The Morgan fingerprint density at radius 2 is 1.93 bits per heavy atom. The zero-order valence-electron chi connectivity index (χ0n) is 17.5. The second-order valence-electron chi connectivity index (χ2n) is 6.94. The topological polar surface area (TPSA) is 86.4 Å². The van der Waals surface area contributed by atoms with Gasteiger partial charge in [-0.3, -0.25) is 0 Å². The molecule has 1 heterocycles. The molecular formula is C19H31ClN4O4. The van der Waals surface area contributed by atoms with Crippen molar-refractivity contribution in [2.45, 2.75) is 60.0 Å². The normalized spacial score (nSPS) is 12.4. The Bertz CT molecular complexity index is 689. The largest absolute Gasteiger partial charge is 0.444 e. The van der Waals surface area contributed by atoms with Crippen LogP contribution in [0, 0.1) is 6.92 Å². The van der Waals surface area contributed by atoms with Crippen LogP contribution in [0.3, 0.4) is 0 Å². The highest BCUT2D eigenvalue weighted by Crippen LogP contribution is 2.30. The second kappa shape index (κ2) is 11.2. The number of halogens is 1. The van der Waals surface area contributed by atoms with Gasteiger partial charge in [-0.1, -0.05) is 0 Å². The van der Waals surface area contributed by atoms with Crippen LogP contribution < -0.4 is 5.32 Å². The SMILES string of the molecule is C=N/C(Cl)=N\c1c(C)cc(C(OCC)OCC)n1CCNC(=O)OC(C)(C)C. The van der Waals surface area contributed by atoms with Crippen LogP contribution in [0.1, 0.15) is 52.2 Å². The number of carbonyl (C=O) groups is 1. The third-order valence-corrected chi connectivity index (χ3v) is 3.70. The number of hydrogen-bond acceptors (Lipinski definition) is 5. The summed E-state index contributed by atoms with van der Waals surface area (Å²) in [6, 6.07) is 1.93. The third-order valence-electron chi connectivity index (χ3n) is 3.49. The lowest BCUT2D eigenvalue weighted by Crippen LogP contribution is -2.34. The highest BCUT2D eigenvalue weighted by molar-refractivity contribution is 6.65. The van der Waals surface area contributed by atoms with E-state index in [0.717, 1.165) is 11.3 Å². The van der Waals surface area contributed by atoms with E-state index in [0.29, 0.717) is 32.1 Å². The molecule has 0 saturated heterocycles. The van der Waals surface area contributed by atoms with E-state index < -0.39 is 18.0 Å². The molecule has 0 aliphatic heterocycles. The number of alkyl carbamates (subject to hydrolysis) is 1. The first kappa shape index (κ1) is 24.1. The minimum atomic E-state index is -0.563. The van der Waals surface area contributed by atoms with E-state index in [9.17, 15) is 4.79 Å². The van der Waals surface area contributed by atoms with Gasteiger partial charge in [0.15, 0.2) is 6.29 Å². The zero-order valence-corrected chi connectivity index (χ0v) is 18.3. The molecular weight excluding hydrogens is 384 g/mol. The van der Waals surface area contributed by atoms with Crippen LogP contribution in [0.25, 0.3) is 0 Å². The van der Waals surface area contributed by atoms with Crippen molar-refractivity contribution >= 4 is 35.5 Å². The van der Waals surface area contributed by atoms with Crippen molar-refractivity contribution in [2.75, 3.05) is 19.8 Å². The molecule has 0 bridgehead atoms. The van der Waals surface area contributed by atoms with Gasteiger partial charge in [-0.05, 0) is 71.5 Å². The number of ether oxygens (including phenoxy) is 3. The summed E-state index contributed by atoms with van der Waals surface area (Å²) >= 11 is 5.97. The van der Waals surface area contributed by atoms with Crippen LogP contribution in [0.4, 0.5) is 10.6 Å². The first-order valence-electron chi connectivity index (χ1n) is 9.23. The maximum Gasteiger partial charge on any atom is 0.407 e. The molecule has 0 saturated carbocycles. The molecule has 0 fully saturated rings. The number of amides is 1. The number of nitrogens with zero attached hydrogens (tertiary/aromatic N) is 3. The highest BCUT2D eigenvalue weighted by atomic mass is 35.5. The maximum atomic E-state index is 11.9. The molecule has 1 rings (SSSR count). The molecule has 1 amide bonds. The van der Waals surface area contributed by atoms with Gasteiger partial charge in [0, 0.05) is 26.3 Å². The fraction of sp³-hybridized carbons (Fsp3) is 0.632. The molecule has 1 aromatic rings. The lowest BCUT2D eigenvalue weighted by atomic mass is 10.2. The highest BCUT2D eigenvalue weighted by Gasteiger charge is 2.22. The monoisotopic (exact) mass is 414 g/mol. The Morgan fingerprint density at radius 3 is 2.43 bits per heavy atom. The number of carbonyl (C=O) groups excluding carboxylic acids is 1. The average Bonchev–Trinajstić information content (AvgIpc) is 2.89. The molecule has 9 heteroatoms. The van der Waals surface area contributed by atoms with Crippen molar-refractivity contribution in [1.82, 2.24) is 9.88 Å². The van der Waals surface area contributed by atoms with E-state index in [2.05, 4.69) is 22.0 Å². The van der Waals surface area contributed by atoms with Crippen LogP contribution in [0.15, 0.2) is 16.1 Å². The fourth-order valence-corrected chi connectivity index (χ4v) is 2.59. The minimum Gasteiger partial charge on any atom is -0.444 e. The van der Waals surface area contributed by atoms with Gasteiger partial charge >= 0.3 is 6.09 Å². The van der Waals surface area contributed by atoms with Crippen molar-refractivity contribution < 1.29 is 19.0 Å². The summed E-state index contributed by atoms with van der Waals surface area (Å²) in [6.45, 7) is 16.2. The fourth-order valence-electron chi connectivity index (χ4n) is 2.51. The van der Waals surface area contributed by atoms with Crippen molar-refractivity contribution in [3.8, 4) is 0 Å². The molecule has 1 N–H and O–H groups in total. The summed E-state index contributed by atoms with van der Waals surface area (Å²) in [6.07, 6.45) is -1.05. The molecule has 0 aliphatic carbocycles. The molecule has 0 radical (unpaired) electrons. The van der Waals surface area contributed by atoms with E-state index in [1.54, 1.807) is 0 Å². The van der Waals surface area contributed by atoms with Crippen LogP contribution >= 0.6 is 11.6 Å². The summed E-state index contributed by atoms with van der Waals surface area (Å²) < 4.78 is 18.6. The molecule has 0 aliphatic rings. The Labute approximate surface area is 171 Å². The number of hydrogen-bond donors (Lipinski definition) is 1. The average molecular weight is 415 g/mol. The Kier molecular flexibility index (Phi) is 9.64. The smallest absolute Gasteiger partial charge is 0.407 e. The maximum absolute atomic E-state index is 11.9. The van der Waals surface area contributed by atoms with Crippen LogP contribution in [0.5, 0.6) is 0 Å². The van der Waals surface area contributed by atoms with Crippen molar-refractivity contribution in [3.63, 3.8) is 0 Å². The molecule has 8 nitrogen and oxygen atoms in total. The van der Waals surface area contributed by atoms with Gasteiger partial charge in [0.1, 0.15) is 11.4 Å². The van der Waals surface area contributed by atoms with Gasteiger partial charge in [0.25, 0.3) is 0 Å². The third kappa shape index (κ3) is 7.61. The predicted octanol–water partition coefficient (Wildman–Crippen LogP) is 4.32. The zero-order chi connectivity index (χ0) is 21.3. The van der Waals surface area contributed by atoms with Crippen molar-refractivity contribution in [2.24, 2.45) is 9.98 Å². The second-order valence-corrected chi connectivity index (χ2v) is 7.28. The van der Waals surface area contributed by atoms with Gasteiger partial charge in [0.05, 0.1) is 5.69 Å². The summed E-state index contributed by atoms with van der Waals surface area (Å²) in [5, 5.41) is 2.77. The van der Waals surface area contributed by atoms with Gasteiger partial charge in [-0.2, -0.15) is 0 Å². The first-order valence-corrected chi connectivity index (χ1v) is 9.61. The van der Waals surface area contributed by atoms with Crippen LogP contribution in [0.2, 0.25) is 0 Å². The lowest BCUT2D eigenvalue weighted by Gasteiger charge is -2.21. The molecule has 158 valence electrons. The van der Waals surface area contributed by atoms with Crippen LogP contribution in [-0.2, 0) is 20.8 Å². The van der Waals surface area contributed by atoms with Crippen LogP contribution in [-0.4, -0.2) is 48.0 Å². The first-order chi connectivity index (χ1) is 13.1. The number of amidine groups is 1. The minimum absolute atomic E-state index is 0.0264. The van der Waals surface area contributed by atoms with E-state index in [1.165, 1.54) is 0 Å². The van der Waals surface area contributed by atoms with Crippen molar-refractivity contribution in [1.29, 1.82) is 0 Å². The van der Waals surface area contributed by atoms with E-state index >= 15 is 0 Å². The molecule has 1 aromatic heterocycles. The number of aryl methyl sites for hydroxylation is 1. The predicted molar refractivity (Wildman–Crippen MR) is 112 cm³/mol. The van der Waals surface area contributed by atoms with E-state index in [1.807, 2.05) is 52.2 Å². The molecule has 28 heavy (non-hydrogen) atoms. The Hall–Kier alpha value is -1.90. The Balaban J connectivity index is 3.12.